The van der Waals surface area contributed by atoms with Crippen molar-refractivity contribution in [1.29, 1.82) is 0 Å². The number of pyridine rings is 1. The fourth-order valence-corrected chi connectivity index (χ4v) is 1.67. The van der Waals surface area contributed by atoms with Crippen molar-refractivity contribution in [3.8, 4) is 5.75 Å². The molecule has 0 spiro atoms. The molecule has 0 saturated carbocycles. The number of ether oxygens (including phenoxy) is 2. The van der Waals surface area contributed by atoms with E-state index >= 15 is 0 Å². The largest absolute Gasteiger partial charge is 0.497 e. The van der Waals surface area contributed by atoms with Gasteiger partial charge in [0, 0.05) is 12.3 Å². The molecule has 2 aromatic rings. The molecule has 0 aliphatic carbocycles. The Hall–Kier alpha value is -2.04. The molecule has 2 aromatic heterocycles. The van der Waals surface area contributed by atoms with E-state index in [1.54, 1.807) is 20.1 Å². The minimum atomic E-state index is -0.396. The Morgan fingerprint density at radius 3 is 2.94 bits per heavy atom. The average Bonchev–Trinajstić information content (AvgIpc) is 2.66. The van der Waals surface area contributed by atoms with Gasteiger partial charge in [-0.05, 0) is 19.9 Å². The van der Waals surface area contributed by atoms with Crippen molar-refractivity contribution in [3.05, 3.63) is 29.7 Å². The van der Waals surface area contributed by atoms with Crippen LogP contribution in [0, 0.1) is 6.92 Å². The molecule has 2 heterocycles. The molecule has 0 amide bonds. The van der Waals surface area contributed by atoms with Gasteiger partial charge in [0.1, 0.15) is 11.4 Å². The number of aryl methyl sites for hydroxylation is 1. The lowest BCUT2D eigenvalue weighted by molar-refractivity contribution is 0.0519. The molecule has 0 aliphatic rings. The standard InChI is InChI=1S/C12H14N2O3/c1-4-17-12(15)11-8(2)14-6-5-9(16-3)7-10(14)13-11/h5-7H,4H2,1-3H3. The van der Waals surface area contributed by atoms with E-state index in [9.17, 15) is 4.79 Å². The molecule has 5 heteroatoms. The maximum atomic E-state index is 11.7. The first kappa shape index (κ1) is 11.4. The zero-order valence-corrected chi connectivity index (χ0v) is 10.1. The van der Waals surface area contributed by atoms with Crippen molar-refractivity contribution in [2.24, 2.45) is 0 Å². The highest BCUT2D eigenvalue weighted by atomic mass is 16.5. The zero-order chi connectivity index (χ0) is 12.4. The highest BCUT2D eigenvalue weighted by Crippen LogP contribution is 2.18. The predicted molar refractivity (Wildman–Crippen MR) is 62.4 cm³/mol. The molecule has 17 heavy (non-hydrogen) atoms. The molecule has 0 bridgehead atoms. The number of aromatic nitrogens is 2. The summed E-state index contributed by atoms with van der Waals surface area (Å²) in [6.45, 7) is 3.94. The van der Waals surface area contributed by atoms with Gasteiger partial charge in [-0.25, -0.2) is 9.78 Å². The number of nitrogens with zero attached hydrogens (tertiary/aromatic N) is 2. The van der Waals surface area contributed by atoms with Gasteiger partial charge in [0.25, 0.3) is 0 Å². The molecule has 0 fully saturated rings. The topological polar surface area (TPSA) is 52.8 Å². The molecule has 0 unspecified atom stereocenters. The Balaban J connectivity index is 2.52. The van der Waals surface area contributed by atoms with Crippen LogP contribution >= 0.6 is 0 Å². The lowest BCUT2D eigenvalue weighted by Crippen LogP contribution is -2.06. The summed E-state index contributed by atoms with van der Waals surface area (Å²) in [7, 11) is 1.59. The summed E-state index contributed by atoms with van der Waals surface area (Å²) in [5.41, 5.74) is 1.78. The molecule has 2 rings (SSSR count). The summed E-state index contributed by atoms with van der Waals surface area (Å²) in [4.78, 5) is 15.9. The van der Waals surface area contributed by atoms with Gasteiger partial charge in [0.15, 0.2) is 5.69 Å². The highest BCUT2D eigenvalue weighted by Gasteiger charge is 2.16. The first-order valence-electron chi connectivity index (χ1n) is 5.37. The third-order valence-corrected chi connectivity index (χ3v) is 2.54. The minimum Gasteiger partial charge on any atom is -0.497 e. The van der Waals surface area contributed by atoms with Gasteiger partial charge in [-0.3, -0.25) is 0 Å². The first-order chi connectivity index (χ1) is 8.17. The Morgan fingerprint density at radius 1 is 1.53 bits per heavy atom. The van der Waals surface area contributed by atoms with Crippen LogP contribution in [0.15, 0.2) is 18.3 Å². The number of rotatable bonds is 3. The Bertz CT molecular complexity index is 560. The summed E-state index contributed by atoms with van der Waals surface area (Å²) in [6, 6.07) is 3.59. The van der Waals surface area contributed by atoms with Crippen LogP contribution in [0.1, 0.15) is 23.1 Å². The number of hydrogen-bond acceptors (Lipinski definition) is 4. The molecule has 0 N–H and O–H groups in total. The lowest BCUT2D eigenvalue weighted by Gasteiger charge is -2.00. The van der Waals surface area contributed by atoms with Gasteiger partial charge < -0.3 is 13.9 Å². The van der Waals surface area contributed by atoms with Crippen LogP contribution in [0.25, 0.3) is 5.65 Å². The van der Waals surface area contributed by atoms with Gasteiger partial charge >= 0.3 is 5.97 Å². The van der Waals surface area contributed by atoms with E-state index in [-0.39, 0.29) is 0 Å². The fourth-order valence-electron chi connectivity index (χ4n) is 1.67. The minimum absolute atomic E-state index is 0.343. The molecule has 0 aromatic carbocycles. The van der Waals surface area contributed by atoms with E-state index in [4.69, 9.17) is 9.47 Å². The van der Waals surface area contributed by atoms with Gasteiger partial charge in [0.2, 0.25) is 0 Å². The normalized spacial score (nSPS) is 10.5. The molecule has 5 nitrogen and oxygen atoms in total. The van der Waals surface area contributed by atoms with Crippen molar-refractivity contribution in [2.75, 3.05) is 13.7 Å². The second-order valence-electron chi connectivity index (χ2n) is 3.56. The molecular formula is C12H14N2O3. The Kier molecular flexibility index (Phi) is 2.99. The van der Waals surface area contributed by atoms with Crippen LogP contribution in [0.3, 0.4) is 0 Å². The van der Waals surface area contributed by atoms with Crippen LogP contribution in [0.5, 0.6) is 5.75 Å². The number of carbonyl (C=O) groups excluding carboxylic acids is 1. The lowest BCUT2D eigenvalue weighted by atomic mass is 10.3. The SMILES string of the molecule is CCOC(=O)c1nc2cc(OC)ccn2c1C. The zero-order valence-electron chi connectivity index (χ0n) is 10.1. The van der Waals surface area contributed by atoms with E-state index in [1.165, 1.54) is 0 Å². The number of carbonyl (C=O) groups is 1. The van der Waals surface area contributed by atoms with Crippen molar-refractivity contribution < 1.29 is 14.3 Å². The third-order valence-electron chi connectivity index (χ3n) is 2.54. The number of imidazole rings is 1. The first-order valence-corrected chi connectivity index (χ1v) is 5.37. The van der Waals surface area contributed by atoms with E-state index in [0.29, 0.717) is 23.7 Å². The smallest absolute Gasteiger partial charge is 0.358 e. The second kappa shape index (κ2) is 4.45. The van der Waals surface area contributed by atoms with Crippen LogP contribution < -0.4 is 4.74 Å². The maximum absolute atomic E-state index is 11.7. The summed E-state index contributed by atoms with van der Waals surface area (Å²) >= 11 is 0. The molecule has 0 atom stereocenters. The average molecular weight is 234 g/mol. The van der Waals surface area contributed by atoms with E-state index < -0.39 is 5.97 Å². The third kappa shape index (κ3) is 1.95. The van der Waals surface area contributed by atoms with Gasteiger partial charge in [-0.2, -0.15) is 0 Å². The van der Waals surface area contributed by atoms with E-state index in [2.05, 4.69) is 4.98 Å². The summed E-state index contributed by atoms with van der Waals surface area (Å²) in [5.74, 6) is 0.311. The molecule has 0 aliphatic heterocycles. The highest BCUT2D eigenvalue weighted by molar-refractivity contribution is 5.89. The van der Waals surface area contributed by atoms with Crippen molar-refractivity contribution >= 4 is 11.6 Å². The fraction of sp³-hybridized carbons (Fsp3) is 0.333. The van der Waals surface area contributed by atoms with Crippen LogP contribution in [-0.2, 0) is 4.74 Å². The van der Waals surface area contributed by atoms with Gasteiger partial charge in [-0.15, -0.1) is 0 Å². The second-order valence-corrected chi connectivity index (χ2v) is 3.56. The van der Waals surface area contributed by atoms with Crippen LogP contribution in [0.4, 0.5) is 0 Å². The van der Waals surface area contributed by atoms with Gasteiger partial charge in [0.05, 0.1) is 19.4 Å². The number of esters is 1. The number of hydrogen-bond donors (Lipinski definition) is 0. The van der Waals surface area contributed by atoms with Crippen molar-refractivity contribution in [2.45, 2.75) is 13.8 Å². The van der Waals surface area contributed by atoms with E-state index in [1.807, 2.05) is 23.6 Å². The summed E-state index contributed by atoms with van der Waals surface area (Å²) in [6.07, 6.45) is 1.82. The maximum Gasteiger partial charge on any atom is 0.358 e. The summed E-state index contributed by atoms with van der Waals surface area (Å²) < 4.78 is 11.9. The molecular weight excluding hydrogens is 220 g/mol. The van der Waals surface area contributed by atoms with Crippen LogP contribution in [0.2, 0.25) is 0 Å². The van der Waals surface area contributed by atoms with Crippen molar-refractivity contribution in [1.82, 2.24) is 9.38 Å². The quantitative estimate of drug-likeness (QED) is 0.760. The summed E-state index contributed by atoms with van der Waals surface area (Å²) in [5, 5.41) is 0. The monoisotopic (exact) mass is 234 g/mol. The number of fused-ring (bicyclic) bond motifs is 1. The Morgan fingerprint density at radius 2 is 2.29 bits per heavy atom. The van der Waals surface area contributed by atoms with Gasteiger partial charge in [-0.1, -0.05) is 0 Å². The Labute approximate surface area is 99.0 Å². The van der Waals surface area contributed by atoms with E-state index in [0.717, 1.165) is 5.69 Å². The number of methoxy groups -OCH3 is 1. The molecule has 0 radical (unpaired) electrons. The predicted octanol–water partition coefficient (Wildman–Crippen LogP) is 1.83. The molecule has 90 valence electrons. The van der Waals surface area contributed by atoms with Crippen LogP contribution in [-0.4, -0.2) is 29.1 Å². The molecule has 0 saturated heterocycles. The van der Waals surface area contributed by atoms with Crippen molar-refractivity contribution in [3.63, 3.8) is 0 Å².